The van der Waals surface area contributed by atoms with E-state index in [2.05, 4.69) is 5.32 Å². The summed E-state index contributed by atoms with van der Waals surface area (Å²) in [7, 11) is 0. The minimum Gasteiger partial charge on any atom is -0.391 e. The number of amides is 1. The van der Waals surface area contributed by atoms with Crippen LogP contribution < -0.4 is 5.32 Å². The zero-order chi connectivity index (χ0) is 13.1. The van der Waals surface area contributed by atoms with Gasteiger partial charge >= 0.3 is 0 Å². The molecule has 5 heteroatoms. The van der Waals surface area contributed by atoms with Crippen LogP contribution in [0, 0.1) is 11.6 Å². The Morgan fingerprint density at radius 1 is 1.28 bits per heavy atom. The first kappa shape index (κ1) is 13.0. The van der Waals surface area contributed by atoms with Crippen molar-refractivity contribution in [1.82, 2.24) is 5.32 Å². The molecule has 0 aliphatic heterocycles. The molecule has 1 aliphatic rings. The molecule has 98 valence electrons. The van der Waals surface area contributed by atoms with E-state index in [0.29, 0.717) is 12.8 Å². The van der Waals surface area contributed by atoms with Gasteiger partial charge in [0.05, 0.1) is 17.7 Å². The number of hydrogen-bond donors (Lipinski definition) is 2. The molecule has 2 N–H and O–H groups in total. The van der Waals surface area contributed by atoms with Crippen molar-refractivity contribution in [2.75, 3.05) is 0 Å². The smallest absolute Gasteiger partial charge is 0.254 e. The lowest BCUT2D eigenvalue weighted by atomic mass is 9.92. The third kappa shape index (κ3) is 2.67. The van der Waals surface area contributed by atoms with E-state index in [0.717, 1.165) is 18.9 Å². The average molecular weight is 255 g/mol. The molecule has 1 aliphatic carbocycles. The van der Waals surface area contributed by atoms with E-state index in [4.69, 9.17) is 0 Å². The van der Waals surface area contributed by atoms with Crippen molar-refractivity contribution < 1.29 is 18.7 Å². The summed E-state index contributed by atoms with van der Waals surface area (Å²) in [5, 5.41) is 12.3. The minimum atomic E-state index is -1.15. The van der Waals surface area contributed by atoms with Gasteiger partial charge in [-0.25, -0.2) is 8.78 Å². The lowest BCUT2D eigenvalue weighted by Crippen LogP contribution is -2.45. The zero-order valence-corrected chi connectivity index (χ0v) is 9.83. The first-order valence-electron chi connectivity index (χ1n) is 6.02. The van der Waals surface area contributed by atoms with E-state index in [1.807, 2.05) is 0 Å². The van der Waals surface area contributed by atoms with E-state index in [-0.39, 0.29) is 11.6 Å². The zero-order valence-electron chi connectivity index (χ0n) is 9.83. The summed E-state index contributed by atoms with van der Waals surface area (Å²) in [5.74, 6) is -2.88. The van der Waals surface area contributed by atoms with Gasteiger partial charge < -0.3 is 10.4 Å². The van der Waals surface area contributed by atoms with E-state index < -0.39 is 23.6 Å². The molecule has 1 aromatic rings. The summed E-state index contributed by atoms with van der Waals surface area (Å²) in [4.78, 5) is 11.8. The fraction of sp³-hybridized carbons (Fsp3) is 0.462. The van der Waals surface area contributed by atoms with E-state index in [1.165, 1.54) is 12.1 Å². The predicted octanol–water partition coefficient (Wildman–Crippen LogP) is 2.00. The highest BCUT2D eigenvalue weighted by Gasteiger charge is 2.26. The molecule has 0 heterocycles. The lowest BCUT2D eigenvalue weighted by Gasteiger charge is -2.28. The van der Waals surface area contributed by atoms with Crippen LogP contribution in [0.4, 0.5) is 8.78 Å². The Hall–Kier alpha value is -1.49. The first-order valence-corrected chi connectivity index (χ1v) is 6.02. The van der Waals surface area contributed by atoms with Gasteiger partial charge in [0.15, 0.2) is 11.6 Å². The van der Waals surface area contributed by atoms with Crippen LogP contribution in [0.15, 0.2) is 18.2 Å². The van der Waals surface area contributed by atoms with Crippen molar-refractivity contribution in [3.05, 3.63) is 35.4 Å². The second-order valence-corrected chi connectivity index (χ2v) is 4.53. The molecule has 0 aromatic heterocycles. The highest BCUT2D eigenvalue weighted by atomic mass is 19.2. The number of aliphatic hydroxyl groups excluding tert-OH is 1. The van der Waals surface area contributed by atoms with Crippen LogP contribution in [-0.2, 0) is 0 Å². The van der Waals surface area contributed by atoms with Crippen LogP contribution >= 0.6 is 0 Å². The van der Waals surface area contributed by atoms with Crippen LogP contribution in [0.25, 0.3) is 0 Å². The van der Waals surface area contributed by atoms with Gasteiger partial charge in [-0.05, 0) is 25.0 Å². The fourth-order valence-corrected chi connectivity index (χ4v) is 2.20. The van der Waals surface area contributed by atoms with Gasteiger partial charge in [0, 0.05) is 0 Å². The van der Waals surface area contributed by atoms with E-state index in [9.17, 15) is 18.7 Å². The molecule has 1 saturated carbocycles. The topological polar surface area (TPSA) is 49.3 Å². The van der Waals surface area contributed by atoms with E-state index in [1.54, 1.807) is 0 Å². The van der Waals surface area contributed by atoms with Gasteiger partial charge in [-0.3, -0.25) is 4.79 Å². The van der Waals surface area contributed by atoms with Gasteiger partial charge in [0.2, 0.25) is 0 Å². The number of rotatable bonds is 2. The lowest BCUT2D eigenvalue weighted by molar-refractivity contribution is 0.0714. The number of aliphatic hydroxyl groups is 1. The number of carbonyl (C=O) groups excluding carboxylic acids is 1. The van der Waals surface area contributed by atoms with Crippen molar-refractivity contribution >= 4 is 5.91 Å². The first-order chi connectivity index (χ1) is 8.59. The number of benzene rings is 1. The molecule has 0 radical (unpaired) electrons. The van der Waals surface area contributed by atoms with Crippen molar-refractivity contribution in [3.63, 3.8) is 0 Å². The van der Waals surface area contributed by atoms with Gasteiger partial charge in [-0.2, -0.15) is 0 Å². The maximum absolute atomic E-state index is 13.4. The molecule has 1 aromatic carbocycles. The molecule has 0 bridgehead atoms. The van der Waals surface area contributed by atoms with Crippen LogP contribution in [0.1, 0.15) is 36.0 Å². The highest BCUT2D eigenvalue weighted by molar-refractivity contribution is 5.94. The van der Waals surface area contributed by atoms with Crippen molar-refractivity contribution in [2.45, 2.75) is 37.8 Å². The molecular weight excluding hydrogens is 240 g/mol. The Kier molecular flexibility index (Phi) is 3.91. The monoisotopic (exact) mass is 255 g/mol. The third-order valence-electron chi connectivity index (χ3n) is 3.24. The average Bonchev–Trinajstić information content (AvgIpc) is 2.35. The summed E-state index contributed by atoms with van der Waals surface area (Å²) in [6.07, 6.45) is 2.50. The Morgan fingerprint density at radius 3 is 2.72 bits per heavy atom. The maximum Gasteiger partial charge on any atom is 0.254 e. The van der Waals surface area contributed by atoms with Crippen LogP contribution in [0.5, 0.6) is 0 Å². The van der Waals surface area contributed by atoms with Gasteiger partial charge in [-0.1, -0.05) is 18.9 Å². The van der Waals surface area contributed by atoms with Crippen LogP contribution in [-0.4, -0.2) is 23.2 Å². The molecule has 2 unspecified atom stereocenters. The molecule has 0 saturated heterocycles. The van der Waals surface area contributed by atoms with Crippen molar-refractivity contribution in [3.8, 4) is 0 Å². The minimum absolute atomic E-state index is 0.326. The molecule has 0 spiro atoms. The molecule has 18 heavy (non-hydrogen) atoms. The Labute approximate surface area is 104 Å². The second kappa shape index (κ2) is 5.44. The standard InChI is InChI=1S/C13H15F2NO2/c14-9-5-3-4-8(12(9)15)13(18)16-10-6-1-2-7-11(10)17/h3-5,10-11,17H,1-2,6-7H2,(H,16,18). The molecule has 1 amide bonds. The van der Waals surface area contributed by atoms with Crippen LogP contribution in [0.2, 0.25) is 0 Å². The quantitative estimate of drug-likeness (QED) is 0.849. The van der Waals surface area contributed by atoms with Crippen LogP contribution in [0.3, 0.4) is 0 Å². The summed E-state index contributed by atoms with van der Waals surface area (Å²) >= 11 is 0. The highest BCUT2D eigenvalue weighted by Crippen LogP contribution is 2.19. The summed E-state index contributed by atoms with van der Waals surface area (Å²) in [6, 6.07) is 3.09. The van der Waals surface area contributed by atoms with Crippen molar-refractivity contribution in [2.24, 2.45) is 0 Å². The van der Waals surface area contributed by atoms with Gasteiger partial charge in [0.25, 0.3) is 5.91 Å². The normalized spacial score (nSPS) is 23.7. The summed E-state index contributed by atoms with van der Waals surface area (Å²) < 4.78 is 26.4. The SMILES string of the molecule is O=C(NC1CCCCC1O)c1cccc(F)c1F. The molecule has 2 rings (SSSR count). The van der Waals surface area contributed by atoms with E-state index >= 15 is 0 Å². The maximum atomic E-state index is 13.4. The molecule has 1 fully saturated rings. The third-order valence-corrected chi connectivity index (χ3v) is 3.24. The predicted molar refractivity (Wildman–Crippen MR) is 62.1 cm³/mol. The Bertz CT molecular complexity index is 451. The Balaban J connectivity index is 2.09. The van der Waals surface area contributed by atoms with Crippen molar-refractivity contribution in [1.29, 1.82) is 0 Å². The largest absolute Gasteiger partial charge is 0.391 e. The number of hydrogen-bond acceptors (Lipinski definition) is 2. The fourth-order valence-electron chi connectivity index (χ4n) is 2.20. The van der Waals surface area contributed by atoms with Gasteiger partial charge in [0.1, 0.15) is 0 Å². The number of carbonyl (C=O) groups is 1. The summed E-state index contributed by atoms with van der Waals surface area (Å²) in [6.45, 7) is 0. The second-order valence-electron chi connectivity index (χ2n) is 4.53. The molecular formula is C13H15F2NO2. The molecule has 2 atom stereocenters. The summed E-state index contributed by atoms with van der Waals surface area (Å²) in [5.41, 5.74) is -0.326. The molecule has 3 nitrogen and oxygen atoms in total. The Morgan fingerprint density at radius 2 is 2.00 bits per heavy atom. The number of halogens is 2. The number of nitrogens with one attached hydrogen (secondary N) is 1. The van der Waals surface area contributed by atoms with Gasteiger partial charge in [-0.15, -0.1) is 0 Å².